The number of hydrogen-bond acceptors (Lipinski definition) is 3. The summed E-state index contributed by atoms with van der Waals surface area (Å²) >= 11 is 1.39. The van der Waals surface area contributed by atoms with Crippen LogP contribution in [0.4, 0.5) is 0 Å². The van der Waals surface area contributed by atoms with Gasteiger partial charge in [-0.2, -0.15) is 0 Å². The molecule has 0 rings (SSSR count). The second-order valence-corrected chi connectivity index (χ2v) is 2.55. The van der Waals surface area contributed by atoms with Gasteiger partial charge in [0.15, 0.2) is 0 Å². The summed E-state index contributed by atoms with van der Waals surface area (Å²) < 4.78 is 1.46. The van der Waals surface area contributed by atoms with Crippen LogP contribution in [0.2, 0.25) is 4.18 Å². The van der Waals surface area contributed by atoms with Gasteiger partial charge < -0.3 is 16.4 Å². The van der Waals surface area contributed by atoms with Crippen molar-refractivity contribution in [2.24, 2.45) is 0 Å². The van der Waals surface area contributed by atoms with Gasteiger partial charge in [-0.3, -0.25) is 0 Å². The van der Waals surface area contributed by atoms with E-state index in [2.05, 4.69) is 6.92 Å². The average molecular weight is 273 g/mol. The zero-order valence-corrected chi connectivity index (χ0v) is 7.85. The van der Waals surface area contributed by atoms with E-state index in [1.54, 1.807) is 0 Å². The molecule has 0 aromatic carbocycles. The molecule has 4 heteroatoms. The minimum absolute atomic E-state index is 0. The van der Waals surface area contributed by atoms with Gasteiger partial charge in [-0.05, 0) is 0 Å². The minimum Gasteiger partial charge on any atom is -0.870 e. The van der Waals surface area contributed by atoms with Crippen molar-refractivity contribution in [1.29, 1.82) is 0 Å². The second kappa shape index (κ2) is 29.5. The fourth-order valence-corrected chi connectivity index (χ4v) is 0. The summed E-state index contributed by atoms with van der Waals surface area (Å²) in [4.78, 5) is 0. The van der Waals surface area contributed by atoms with E-state index in [-0.39, 0.29) is 16.4 Å². The first-order valence-electron chi connectivity index (χ1n) is 1.56. The first-order chi connectivity index (χ1) is 1.91. The third-order valence-electron chi connectivity index (χ3n) is 0.250. The van der Waals surface area contributed by atoms with Crippen molar-refractivity contribution in [3.63, 3.8) is 0 Å². The van der Waals surface area contributed by atoms with Crippen LogP contribution in [0.5, 0.6) is 0 Å². The monoisotopic (exact) mass is 274 g/mol. The summed E-state index contributed by atoms with van der Waals surface area (Å²) in [6, 6.07) is 0. The van der Waals surface area contributed by atoms with Crippen LogP contribution in [0.1, 0.15) is 13.3 Å². The van der Waals surface area contributed by atoms with Crippen LogP contribution in [-0.2, 0) is 24.4 Å². The average Bonchev–Trinajstić information content (AvgIpc) is 1.37. The first-order valence-corrected chi connectivity index (χ1v) is 4.10. The molecule has 0 amide bonds. The number of rotatable bonds is 1. The van der Waals surface area contributed by atoms with Crippen LogP contribution in [0.25, 0.3) is 0 Å². The first kappa shape index (κ1) is 25.1. The molecule has 0 aromatic rings. The minimum atomic E-state index is 0. The van der Waals surface area contributed by atoms with E-state index in [0.717, 1.165) is 0 Å². The largest absolute Gasteiger partial charge is 0.870 e. The van der Waals surface area contributed by atoms with E-state index in [1.807, 2.05) is 0 Å². The molecule has 0 spiro atoms. The van der Waals surface area contributed by atoms with Crippen LogP contribution in [0.15, 0.2) is 0 Å². The molecule has 0 saturated heterocycles. The molecule has 0 aliphatic heterocycles. The SMILES string of the molecule is CC[CH2][Hf+3].[OH-].[OH-].[OH-]. The fraction of sp³-hybridized carbons (Fsp3) is 1.00. The smallest absolute Gasteiger partial charge is 0.870 e. The Kier molecular flexibility index (Phi) is 106. The Morgan fingerprint density at radius 2 is 1.29 bits per heavy atom. The van der Waals surface area contributed by atoms with E-state index in [1.165, 1.54) is 35.0 Å². The predicted octanol–water partition coefficient (Wildman–Crippen LogP) is 0.831. The number of hydrogen-bond donors (Lipinski definition) is 0. The summed E-state index contributed by atoms with van der Waals surface area (Å²) in [7, 11) is 0. The van der Waals surface area contributed by atoms with Crippen molar-refractivity contribution in [2.75, 3.05) is 0 Å². The van der Waals surface area contributed by atoms with Gasteiger partial charge in [0.25, 0.3) is 0 Å². The molecule has 3 nitrogen and oxygen atoms in total. The zero-order chi connectivity index (χ0) is 3.41. The van der Waals surface area contributed by atoms with E-state index in [9.17, 15) is 0 Å². The Bertz CT molecular complexity index is 12.1. The summed E-state index contributed by atoms with van der Waals surface area (Å²) in [5.41, 5.74) is 0. The van der Waals surface area contributed by atoms with E-state index in [0.29, 0.717) is 0 Å². The fourth-order valence-electron chi connectivity index (χ4n) is 0. The van der Waals surface area contributed by atoms with Crippen molar-refractivity contribution in [1.82, 2.24) is 0 Å². The quantitative estimate of drug-likeness (QED) is 0.662. The van der Waals surface area contributed by atoms with Gasteiger partial charge in [0.05, 0.1) is 0 Å². The normalized spacial score (nSPS) is 4.43. The summed E-state index contributed by atoms with van der Waals surface area (Å²) in [6.07, 6.45) is 1.38. The Morgan fingerprint density at radius 3 is 1.29 bits per heavy atom. The summed E-state index contributed by atoms with van der Waals surface area (Å²) in [6.45, 7) is 2.22. The van der Waals surface area contributed by atoms with E-state index < -0.39 is 0 Å². The van der Waals surface area contributed by atoms with Crippen molar-refractivity contribution in [3.8, 4) is 0 Å². The third-order valence-corrected chi connectivity index (χ3v) is 2.05. The Morgan fingerprint density at radius 1 is 1.14 bits per heavy atom. The van der Waals surface area contributed by atoms with Gasteiger partial charge in [-0.15, -0.1) is 0 Å². The van der Waals surface area contributed by atoms with Crippen molar-refractivity contribution in [2.45, 2.75) is 17.5 Å². The van der Waals surface area contributed by atoms with Gasteiger partial charge in [-0.1, -0.05) is 0 Å². The van der Waals surface area contributed by atoms with Crippen molar-refractivity contribution >= 4 is 0 Å². The Hall–Kier alpha value is 0.750. The van der Waals surface area contributed by atoms with Gasteiger partial charge in [-0.25, -0.2) is 0 Å². The molecular weight excluding hydrogens is 263 g/mol. The van der Waals surface area contributed by atoms with Crippen LogP contribution in [0, 0.1) is 0 Å². The van der Waals surface area contributed by atoms with Crippen LogP contribution < -0.4 is 0 Å². The molecule has 7 heavy (non-hydrogen) atoms. The van der Waals surface area contributed by atoms with Crippen LogP contribution >= 0.6 is 0 Å². The maximum Gasteiger partial charge on any atom is -0.870 e. The molecule has 0 bridgehead atoms. The predicted molar refractivity (Wildman–Crippen MR) is 20.9 cm³/mol. The topological polar surface area (TPSA) is 90.0 Å². The van der Waals surface area contributed by atoms with Crippen LogP contribution in [0.3, 0.4) is 0 Å². The summed E-state index contributed by atoms with van der Waals surface area (Å²) in [5, 5.41) is 0. The van der Waals surface area contributed by atoms with E-state index >= 15 is 0 Å². The molecule has 0 fully saturated rings. The van der Waals surface area contributed by atoms with Crippen molar-refractivity contribution in [3.05, 3.63) is 0 Å². The van der Waals surface area contributed by atoms with Crippen molar-refractivity contribution < 1.29 is 40.8 Å². The van der Waals surface area contributed by atoms with Gasteiger partial charge >= 0.3 is 41.9 Å². The molecule has 44 valence electrons. The molecule has 0 aliphatic carbocycles. The second-order valence-electron chi connectivity index (χ2n) is 0.750. The van der Waals surface area contributed by atoms with Gasteiger partial charge in [0, 0.05) is 0 Å². The van der Waals surface area contributed by atoms with Gasteiger partial charge in [0.1, 0.15) is 0 Å². The maximum absolute atomic E-state index is 2.22. The molecule has 3 N–H and O–H groups in total. The van der Waals surface area contributed by atoms with Crippen LogP contribution in [-0.4, -0.2) is 16.4 Å². The summed E-state index contributed by atoms with van der Waals surface area (Å²) in [5.74, 6) is 0. The molecule has 0 aromatic heterocycles. The Labute approximate surface area is 58.6 Å². The van der Waals surface area contributed by atoms with Gasteiger partial charge in [0.2, 0.25) is 0 Å². The molecule has 0 atom stereocenters. The Balaban J connectivity index is -0.0000000150. The molecule has 0 unspecified atom stereocenters. The molecule has 0 saturated carbocycles. The molecule has 0 radical (unpaired) electrons. The molecular formula is C3H10HfO3. The standard InChI is InChI=1S/C3H7.Hf.3H2O/c1-3-2;;;;/h1,3H2,2H3;;3*1H2/q;+3;;;/p-3. The van der Waals surface area contributed by atoms with E-state index in [4.69, 9.17) is 0 Å². The third kappa shape index (κ3) is 49.7. The molecule has 0 aliphatic rings. The zero-order valence-electron chi connectivity index (χ0n) is 4.26. The molecule has 0 heterocycles. The maximum atomic E-state index is 2.22.